The maximum atomic E-state index is 9.78. The molecule has 0 saturated carbocycles. The van der Waals surface area contributed by atoms with Crippen molar-refractivity contribution in [3.05, 3.63) is 22.4 Å². The van der Waals surface area contributed by atoms with E-state index in [1.807, 2.05) is 0 Å². The highest BCUT2D eigenvalue weighted by molar-refractivity contribution is 5.62. The van der Waals surface area contributed by atoms with Gasteiger partial charge in [0.05, 0.1) is 23.5 Å². The Bertz CT molecular complexity index is 622. The first-order valence-electron chi connectivity index (χ1n) is 8.27. The number of fused-ring (bicyclic) bond motifs is 1. The van der Waals surface area contributed by atoms with Gasteiger partial charge in [0.15, 0.2) is 0 Å². The van der Waals surface area contributed by atoms with Crippen molar-refractivity contribution < 1.29 is 4.74 Å². The van der Waals surface area contributed by atoms with E-state index < -0.39 is 0 Å². The van der Waals surface area contributed by atoms with Gasteiger partial charge in [-0.15, -0.1) is 0 Å². The van der Waals surface area contributed by atoms with Gasteiger partial charge in [0.2, 0.25) is 0 Å². The molecular weight excluding hydrogens is 274 g/mol. The summed E-state index contributed by atoms with van der Waals surface area (Å²) in [5.41, 5.74) is 3.98. The zero-order valence-corrected chi connectivity index (χ0v) is 14.1. The molecule has 1 aromatic rings. The standard InChI is InChI=1S/C18H25N3O/c1-12(2)16-15-11-22-18(3,4)9-13(15)14(10-19)17(20-16)21-7-5-6-8-21/h12H,5-9,11H2,1-4H3. The molecule has 2 aliphatic heterocycles. The summed E-state index contributed by atoms with van der Waals surface area (Å²) >= 11 is 0. The van der Waals surface area contributed by atoms with Crippen LogP contribution < -0.4 is 4.90 Å². The van der Waals surface area contributed by atoms with Crippen LogP contribution in [0, 0.1) is 11.3 Å². The van der Waals surface area contributed by atoms with E-state index in [-0.39, 0.29) is 5.60 Å². The maximum Gasteiger partial charge on any atom is 0.147 e. The Morgan fingerprint density at radius 1 is 1.23 bits per heavy atom. The zero-order chi connectivity index (χ0) is 15.9. The van der Waals surface area contributed by atoms with Crippen LogP contribution in [0.15, 0.2) is 0 Å². The molecule has 3 heterocycles. The summed E-state index contributed by atoms with van der Waals surface area (Å²) in [7, 11) is 0. The molecule has 0 spiro atoms. The number of aromatic nitrogens is 1. The summed E-state index contributed by atoms with van der Waals surface area (Å²) in [5.74, 6) is 1.24. The van der Waals surface area contributed by atoms with Gasteiger partial charge in [-0.1, -0.05) is 13.8 Å². The Kier molecular flexibility index (Phi) is 3.86. The summed E-state index contributed by atoms with van der Waals surface area (Å²) in [6.45, 7) is 11.1. The average molecular weight is 299 g/mol. The molecule has 4 heteroatoms. The molecule has 2 aliphatic rings. The molecule has 0 radical (unpaired) electrons. The number of anilines is 1. The smallest absolute Gasteiger partial charge is 0.147 e. The quantitative estimate of drug-likeness (QED) is 0.838. The number of nitriles is 1. The molecule has 0 unspecified atom stereocenters. The van der Waals surface area contributed by atoms with E-state index in [9.17, 15) is 5.26 Å². The predicted molar refractivity (Wildman–Crippen MR) is 87.1 cm³/mol. The average Bonchev–Trinajstić information content (AvgIpc) is 2.98. The van der Waals surface area contributed by atoms with Crippen molar-refractivity contribution in [2.45, 2.75) is 65.1 Å². The fourth-order valence-electron chi connectivity index (χ4n) is 3.53. The van der Waals surface area contributed by atoms with Crippen molar-refractivity contribution in [2.24, 2.45) is 0 Å². The minimum atomic E-state index is -0.212. The van der Waals surface area contributed by atoms with Gasteiger partial charge in [-0.05, 0) is 38.2 Å². The molecular formula is C18H25N3O. The van der Waals surface area contributed by atoms with Gasteiger partial charge in [0, 0.05) is 25.1 Å². The molecule has 118 valence electrons. The number of pyridine rings is 1. The van der Waals surface area contributed by atoms with Gasteiger partial charge in [0.25, 0.3) is 0 Å². The fraction of sp³-hybridized carbons (Fsp3) is 0.667. The molecule has 1 fully saturated rings. The third kappa shape index (κ3) is 2.59. The molecule has 4 nitrogen and oxygen atoms in total. The number of rotatable bonds is 2. The van der Waals surface area contributed by atoms with Crippen LogP contribution in [0.25, 0.3) is 0 Å². The van der Waals surface area contributed by atoms with E-state index in [0.717, 1.165) is 42.1 Å². The number of hydrogen-bond acceptors (Lipinski definition) is 4. The van der Waals surface area contributed by atoms with Gasteiger partial charge in [-0.25, -0.2) is 4.98 Å². The minimum absolute atomic E-state index is 0.212. The Morgan fingerprint density at radius 2 is 1.91 bits per heavy atom. The molecule has 0 aromatic carbocycles. The predicted octanol–water partition coefficient (Wildman–Crippen LogP) is 3.53. The second-order valence-electron chi connectivity index (χ2n) is 7.34. The first-order chi connectivity index (χ1) is 10.4. The van der Waals surface area contributed by atoms with E-state index in [1.54, 1.807) is 0 Å². The highest BCUT2D eigenvalue weighted by atomic mass is 16.5. The molecule has 0 amide bonds. The Morgan fingerprint density at radius 3 is 2.50 bits per heavy atom. The van der Waals surface area contributed by atoms with Crippen molar-refractivity contribution in [3.63, 3.8) is 0 Å². The second-order valence-corrected chi connectivity index (χ2v) is 7.34. The van der Waals surface area contributed by atoms with Crippen molar-refractivity contribution in [2.75, 3.05) is 18.0 Å². The molecule has 3 rings (SSSR count). The summed E-state index contributed by atoms with van der Waals surface area (Å²) in [4.78, 5) is 7.19. The molecule has 0 atom stereocenters. The van der Waals surface area contributed by atoms with Crippen LogP contribution in [-0.4, -0.2) is 23.7 Å². The topological polar surface area (TPSA) is 49.2 Å². The van der Waals surface area contributed by atoms with Crippen molar-refractivity contribution in [1.29, 1.82) is 5.26 Å². The number of ether oxygens (including phenoxy) is 1. The maximum absolute atomic E-state index is 9.78. The van der Waals surface area contributed by atoms with Crippen LogP contribution >= 0.6 is 0 Å². The third-order valence-electron chi connectivity index (χ3n) is 4.70. The first kappa shape index (κ1) is 15.3. The lowest BCUT2D eigenvalue weighted by atomic mass is 9.86. The van der Waals surface area contributed by atoms with E-state index >= 15 is 0 Å². The SMILES string of the molecule is CC(C)c1nc(N2CCCC2)c(C#N)c2c1COC(C)(C)C2. The highest BCUT2D eigenvalue weighted by Crippen LogP contribution is 2.38. The third-order valence-corrected chi connectivity index (χ3v) is 4.70. The van der Waals surface area contributed by atoms with E-state index in [4.69, 9.17) is 9.72 Å². The van der Waals surface area contributed by atoms with Crippen LogP contribution in [0.4, 0.5) is 5.82 Å². The van der Waals surface area contributed by atoms with Crippen LogP contribution in [0.2, 0.25) is 0 Å². The van der Waals surface area contributed by atoms with Crippen LogP contribution in [0.3, 0.4) is 0 Å². The Labute approximate surface area is 133 Å². The van der Waals surface area contributed by atoms with Crippen LogP contribution in [0.1, 0.15) is 68.8 Å². The van der Waals surface area contributed by atoms with Crippen molar-refractivity contribution in [1.82, 2.24) is 4.98 Å². The molecule has 0 bridgehead atoms. The summed E-state index contributed by atoms with van der Waals surface area (Å²) in [5, 5.41) is 9.78. The fourth-order valence-corrected chi connectivity index (χ4v) is 3.53. The lowest BCUT2D eigenvalue weighted by Crippen LogP contribution is -2.34. The zero-order valence-electron chi connectivity index (χ0n) is 14.1. The number of hydrogen-bond donors (Lipinski definition) is 0. The molecule has 1 aromatic heterocycles. The van der Waals surface area contributed by atoms with Gasteiger partial charge >= 0.3 is 0 Å². The van der Waals surface area contributed by atoms with Crippen molar-refractivity contribution in [3.8, 4) is 6.07 Å². The van der Waals surface area contributed by atoms with Gasteiger partial charge in [-0.2, -0.15) is 5.26 Å². The summed E-state index contributed by atoms with van der Waals surface area (Å²) in [6, 6.07) is 2.44. The van der Waals surface area contributed by atoms with Gasteiger partial charge in [0.1, 0.15) is 11.9 Å². The van der Waals surface area contributed by atoms with Crippen LogP contribution in [0.5, 0.6) is 0 Å². The van der Waals surface area contributed by atoms with Gasteiger partial charge < -0.3 is 9.64 Å². The molecule has 0 N–H and O–H groups in total. The van der Waals surface area contributed by atoms with Crippen molar-refractivity contribution >= 4 is 5.82 Å². The monoisotopic (exact) mass is 299 g/mol. The lowest BCUT2D eigenvalue weighted by Gasteiger charge is -2.35. The minimum Gasteiger partial charge on any atom is -0.370 e. The molecule has 1 saturated heterocycles. The Balaban J connectivity index is 2.20. The van der Waals surface area contributed by atoms with E-state index in [1.165, 1.54) is 18.4 Å². The summed E-state index contributed by atoms with van der Waals surface area (Å²) in [6.07, 6.45) is 3.17. The number of nitrogens with zero attached hydrogens (tertiary/aromatic N) is 3. The molecule has 0 aliphatic carbocycles. The van der Waals surface area contributed by atoms with Crippen LogP contribution in [-0.2, 0) is 17.8 Å². The highest BCUT2D eigenvalue weighted by Gasteiger charge is 2.33. The molecule has 22 heavy (non-hydrogen) atoms. The summed E-state index contributed by atoms with van der Waals surface area (Å²) < 4.78 is 5.98. The second kappa shape index (κ2) is 5.55. The van der Waals surface area contributed by atoms with E-state index in [0.29, 0.717) is 12.5 Å². The normalized spacial score (nSPS) is 20.1. The first-order valence-corrected chi connectivity index (χ1v) is 8.27. The van der Waals surface area contributed by atoms with Gasteiger partial charge in [-0.3, -0.25) is 0 Å². The Hall–Kier alpha value is -1.60. The largest absolute Gasteiger partial charge is 0.370 e. The lowest BCUT2D eigenvalue weighted by molar-refractivity contribution is -0.0408. The van der Waals surface area contributed by atoms with E-state index in [2.05, 4.69) is 38.7 Å².